The highest BCUT2D eigenvalue weighted by Crippen LogP contribution is 2.19. The van der Waals surface area contributed by atoms with Gasteiger partial charge >= 0.3 is 0 Å². The molecule has 1 aliphatic rings. The van der Waals surface area contributed by atoms with Crippen molar-refractivity contribution in [1.82, 2.24) is 15.3 Å². The van der Waals surface area contributed by atoms with E-state index in [2.05, 4.69) is 51.8 Å². The Hall–Kier alpha value is -1.94. The summed E-state index contributed by atoms with van der Waals surface area (Å²) >= 11 is 0. The topological polar surface area (TPSA) is 49.8 Å². The number of aromatic nitrogens is 2. The first-order valence-electron chi connectivity index (χ1n) is 6.66. The monoisotopic (exact) mass is 254 g/mol. The van der Waals surface area contributed by atoms with Gasteiger partial charge in [-0.1, -0.05) is 29.8 Å². The van der Waals surface area contributed by atoms with Gasteiger partial charge in [0, 0.05) is 31.6 Å². The Morgan fingerprint density at radius 2 is 2.05 bits per heavy atom. The molecule has 1 aromatic heterocycles. The quantitative estimate of drug-likeness (QED) is 0.880. The molecule has 0 saturated heterocycles. The minimum atomic E-state index is 0.795. The first-order chi connectivity index (χ1) is 9.33. The van der Waals surface area contributed by atoms with E-state index < -0.39 is 0 Å². The van der Waals surface area contributed by atoms with E-state index in [4.69, 9.17) is 0 Å². The maximum atomic E-state index is 4.36. The zero-order valence-electron chi connectivity index (χ0n) is 11.1. The van der Waals surface area contributed by atoms with E-state index in [1.54, 1.807) is 6.33 Å². The number of fused-ring (bicyclic) bond motifs is 1. The number of nitrogens with one attached hydrogen (secondary N) is 2. The molecular formula is C15H18N4. The second-order valence-corrected chi connectivity index (χ2v) is 4.91. The summed E-state index contributed by atoms with van der Waals surface area (Å²) in [5, 5.41) is 6.78. The van der Waals surface area contributed by atoms with Gasteiger partial charge in [0.1, 0.15) is 12.1 Å². The molecule has 4 heteroatoms. The first kappa shape index (κ1) is 12.1. The smallest absolute Gasteiger partial charge is 0.134 e. The van der Waals surface area contributed by atoms with Gasteiger partial charge in [0.25, 0.3) is 0 Å². The lowest BCUT2D eigenvalue weighted by Crippen LogP contribution is -2.26. The largest absolute Gasteiger partial charge is 0.366 e. The van der Waals surface area contributed by atoms with Crippen LogP contribution >= 0.6 is 0 Å². The van der Waals surface area contributed by atoms with Crippen molar-refractivity contribution >= 4 is 5.82 Å². The molecule has 0 aliphatic carbocycles. The van der Waals surface area contributed by atoms with Crippen molar-refractivity contribution in [3.8, 4) is 0 Å². The van der Waals surface area contributed by atoms with Gasteiger partial charge in [-0.05, 0) is 12.5 Å². The summed E-state index contributed by atoms with van der Waals surface area (Å²) < 4.78 is 0. The van der Waals surface area contributed by atoms with E-state index >= 15 is 0 Å². The lowest BCUT2D eigenvalue weighted by atomic mass is 10.1. The lowest BCUT2D eigenvalue weighted by Gasteiger charge is -2.19. The Morgan fingerprint density at radius 1 is 1.21 bits per heavy atom. The predicted molar refractivity (Wildman–Crippen MR) is 75.9 cm³/mol. The van der Waals surface area contributed by atoms with Crippen molar-refractivity contribution in [2.45, 2.75) is 26.4 Å². The van der Waals surface area contributed by atoms with Gasteiger partial charge in [0.2, 0.25) is 0 Å². The summed E-state index contributed by atoms with van der Waals surface area (Å²) in [4.78, 5) is 8.72. The fraction of sp³-hybridized carbons (Fsp3) is 0.333. The van der Waals surface area contributed by atoms with E-state index in [0.29, 0.717) is 0 Å². The highest BCUT2D eigenvalue weighted by atomic mass is 15.0. The summed E-state index contributed by atoms with van der Waals surface area (Å²) in [5.41, 5.74) is 4.93. The Bertz CT molecular complexity index is 563. The third-order valence-corrected chi connectivity index (χ3v) is 3.46. The maximum Gasteiger partial charge on any atom is 0.134 e. The number of nitrogens with zero attached hydrogens (tertiary/aromatic N) is 2. The molecule has 0 bridgehead atoms. The number of hydrogen-bond acceptors (Lipinski definition) is 4. The van der Waals surface area contributed by atoms with E-state index in [9.17, 15) is 0 Å². The number of hydrogen-bond donors (Lipinski definition) is 2. The Balaban J connectivity index is 1.75. The fourth-order valence-corrected chi connectivity index (χ4v) is 2.31. The van der Waals surface area contributed by atoms with Crippen molar-refractivity contribution in [3.63, 3.8) is 0 Å². The Labute approximate surface area is 113 Å². The minimum Gasteiger partial charge on any atom is -0.366 e. The van der Waals surface area contributed by atoms with Crippen LogP contribution < -0.4 is 10.6 Å². The van der Waals surface area contributed by atoms with Crippen molar-refractivity contribution in [2.75, 3.05) is 11.9 Å². The van der Waals surface area contributed by atoms with Crippen LogP contribution in [0.2, 0.25) is 0 Å². The van der Waals surface area contributed by atoms with E-state index in [1.807, 2.05) is 0 Å². The van der Waals surface area contributed by atoms with Gasteiger partial charge in [-0.15, -0.1) is 0 Å². The highest BCUT2D eigenvalue weighted by Gasteiger charge is 2.14. The number of aryl methyl sites for hydroxylation is 1. The summed E-state index contributed by atoms with van der Waals surface area (Å²) in [5.74, 6) is 0.956. The van der Waals surface area contributed by atoms with Crippen LogP contribution in [0.25, 0.3) is 0 Å². The van der Waals surface area contributed by atoms with Crippen LogP contribution in [-0.4, -0.2) is 16.5 Å². The number of anilines is 1. The summed E-state index contributed by atoms with van der Waals surface area (Å²) in [6.45, 7) is 4.75. The second-order valence-electron chi connectivity index (χ2n) is 4.91. The van der Waals surface area contributed by atoms with E-state index in [0.717, 1.165) is 31.9 Å². The standard InChI is InChI=1S/C15H18N4/c1-11-2-4-12(5-3-11)8-17-15-13-9-16-7-6-14(13)18-10-19-15/h2-5,10,16H,6-9H2,1H3,(H,17,18,19). The molecular weight excluding hydrogens is 236 g/mol. The average molecular weight is 254 g/mol. The molecule has 0 atom stereocenters. The molecule has 0 fully saturated rings. The summed E-state index contributed by atoms with van der Waals surface area (Å²) in [6, 6.07) is 8.56. The zero-order valence-corrected chi connectivity index (χ0v) is 11.1. The number of rotatable bonds is 3. The normalized spacial score (nSPS) is 13.9. The van der Waals surface area contributed by atoms with E-state index in [-0.39, 0.29) is 0 Å². The minimum absolute atomic E-state index is 0.795. The molecule has 1 aliphatic heterocycles. The molecule has 98 valence electrons. The van der Waals surface area contributed by atoms with Crippen molar-refractivity contribution < 1.29 is 0 Å². The molecule has 2 aromatic rings. The lowest BCUT2D eigenvalue weighted by molar-refractivity contribution is 0.627. The van der Waals surface area contributed by atoms with Gasteiger partial charge in [-0.25, -0.2) is 9.97 Å². The average Bonchev–Trinajstić information content (AvgIpc) is 2.47. The molecule has 2 N–H and O–H groups in total. The fourth-order valence-electron chi connectivity index (χ4n) is 2.31. The van der Waals surface area contributed by atoms with Gasteiger partial charge in [-0.2, -0.15) is 0 Å². The third kappa shape index (κ3) is 2.74. The highest BCUT2D eigenvalue weighted by molar-refractivity contribution is 5.47. The van der Waals surface area contributed by atoms with Gasteiger partial charge in [0.05, 0.1) is 5.69 Å². The second kappa shape index (κ2) is 5.36. The molecule has 2 heterocycles. The van der Waals surface area contributed by atoms with E-state index in [1.165, 1.54) is 22.4 Å². The van der Waals surface area contributed by atoms with Gasteiger partial charge < -0.3 is 10.6 Å². The van der Waals surface area contributed by atoms with Crippen LogP contribution in [-0.2, 0) is 19.5 Å². The van der Waals surface area contributed by atoms with Gasteiger partial charge in [0.15, 0.2) is 0 Å². The van der Waals surface area contributed by atoms with Crippen LogP contribution in [0.15, 0.2) is 30.6 Å². The molecule has 0 unspecified atom stereocenters. The molecule has 0 amide bonds. The molecule has 0 saturated carbocycles. The third-order valence-electron chi connectivity index (χ3n) is 3.46. The van der Waals surface area contributed by atoms with Crippen LogP contribution in [0, 0.1) is 6.92 Å². The molecule has 4 nitrogen and oxygen atoms in total. The first-order valence-corrected chi connectivity index (χ1v) is 6.66. The molecule has 3 rings (SSSR count). The van der Waals surface area contributed by atoms with Crippen molar-refractivity contribution in [2.24, 2.45) is 0 Å². The van der Waals surface area contributed by atoms with Crippen LogP contribution in [0.4, 0.5) is 5.82 Å². The SMILES string of the molecule is Cc1ccc(CNc2ncnc3c2CNCC3)cc1. The molecule has 19 heavy (non-hydrogen) atoms. The maximum absolute atomic E-state index is 4.36. The predicted octanol–water partition coefficient (Wildman–Crippen LogP) is 2.04. The zero-order chi connectivity index (χ0) is 13.1. The van der Waals surface area contributed by atoms with Crippen molar-refractivity contribution in [1.29, 1.82) is 0 Å². The van der Waals surface area contributed by atoms with Crippen LogP contribution in [0.1, 0.15) is 22.4 Å². The summed E-state index contributed by atoms with van der Waals surface area (Å²) in [6.07, 6.45) is 2.64. The number of benzene rings is 1. The molecule has 1 aromatic carbocycles. The Kier molecular flexibility index (Phi) is 3.42. The van der Waals surface area contributed by atoms with Crippen LogP contribution in [0.5, 0.6) is 0 Å². The van der Waals surface area contributed by atoms with Gasteiger partial charge in [-0.3, -0.25) is 0 Å². The van der Waals surface area contributed by atoms with Crippen molar-refractivity contribution in [3.05, 3.63) is 53.0 Å². The molecule has 0 spiro atoms. The van der Waals surface area contributed by atoms with Crippen LogP contribution in [0.3, 0.4) is 0 Å². The molecule has 0 radical (unpaired) electrons. The Morgan fingerprint density at radius 3 is 2.89 bits per heavy atom. The summed E-state index contributed by atoms with van der Waals surface area (Å²) in [7, 11) is 0.